The molecule has 98 valence electrons. The number of carbonyl (C=O) groups excluding carboxylic acids is 1. The number of likely N-dealkylation sites (tertiary alicyclic amines) is 1. The normalized spacial score (nSPS) is 33.5. The summed E-state index contributed by atoms with van der Waals surface area (Å²) < 4.78 is 5.20. The standard InChI is InChI=1S/C14H25NO2/c1-14(2)6-4-12(13(14)16)9-15-7-5-11(8-15)10-17-3/h11-12H,4-10H2,1-3H3. The lowest BCUT2D eigenvalue weighted by Crippen LogP contribution is -2.32. The van der Waals surface area contributed by atoms with E-state index in [9.17, 15) is 4.79 Å². The highest BCUT2D eigenvalue weighted by atomic mass is 16.5. The highest BCUT2D eigenvalue weighted by molar-refractivity contribution is 5.88. The van der Waals surface area contributed by atoms with Gasteiger partial charge in [-0.1, -0.05) is 13.8 Å². The van der Waals surface area contributed by atoms with E-state index in [4.69, 9.17) is 4.74 Å². The van der Waals surface area contributed by atoms with E-state index in [2.05, 4.69) is 18.7 Å². The number of Topliss-reactive ketones (excluding diaryl/α,β-unsaturated/α-hetero) is 1. The quantitative estimate of drug-likeness (QED) is 0.751. The molecule has 2 atom stereocenters. The second-order valence-electron chi connectivity index (χ2n) is 6.35. The Labute approximate surface area is 105 Å². The molecule has 1 saturated heterocycles. The minimum atomic E-state index is -0.0731. The largest absolute Gasteiger partial charge is 0.384 e. The number of ether oxygens (including phenoxy) is 1. The van der Waals surface area contributed by atoms with Gasteiger partial charge in [-0.05, 0) is 31.7 Å². The summed E-state index contributed by atoms with van der Waals surface area (Å²) in [4.78, 5) is 14.6. The first-order valence-electron chi connectivity index (χ1n) is 6.78. The summed E-state index contributed by atoms with van der Waals surface area (Å²) in [5.41, 5.74) is -0.0731. The van der Waals surface area contributed by atoms with Gasteiger partial charge in [0.25, 0.3) is 0 Å². The van der Waals surface area contributed by atoms with Crippen LogP contribution in [-0.4, -0.2) is 44.0 Å². The van der Waals surface area contributed by atoms with Crippen LogP contribution in [0.1, 0.15) is 33.1 Å². The van der Waals surface area contributed by atoms with Crippen LogP contribution >= 0.6 is 0 Å². The number of carbonyl (C=O) groups is 1. The lowest BCUT2D eigenvalue weighted by atomic mass is 9.89. The van der Waals surface area contributed by atoms with E-state index in [0.717, 1.165) is 39.1 Å². The zero-order chi connectivity index (χ0) is 12.5. The molecule has 0 radical (unpaired) electrons. The molecule has 1 heterocycles. The van der Waals surface area contributed by atoms with Gasteiger partial charge in [0.1, 0.15) is 5.78 Å². The molecule has 2 unspecified atom stereocenters. The third kappa shape index (κ3) is 2.89. The van der Waals surface area contributed by atoms with Crippen LogP contribution in [0.3, 0.4) is 0 Å². The first-order valence-corrected chi connectivity index (χ1v) is 6.78. The van der Waals surface area contributed by atoms with Gasteiger partial charge < -0.3 is 9.64 Å². The van der Waals surface area contributed by atoms with Crippen LogP contribution in [0.15, 0.2) is 0 Å². The van der Waals surface area contributed by atoms with Crippen LogP contribution in [0.2, 0.25) is 0 Å². The number of hydrogen-bond acceptors (Lipinski definition) is 3. The molecule has 0 aromatic carbocycles. The molecule has 1 aliphatic carbocycles. The molecule has 1 saturated carbocycles. The molecule has 17 heavy (non-hydrogen) atoms. The molecule has 0 spiro atoms. The second kappa shape index (κ2) is 5.07. The van der Waals surface area contributed by atoms with Crippen molar-refractivity contribution >= 4 is 5.78 Å². The lowest BCUT2D eigenvalue weighted by molar-refractivity contribution is -0.127. The molecule has 0 N–H and O–H groups in total. The van der Waals surface area contributed by atoms with Crippen molar-refractivity contribution in [1.82, 2.24) is 4.90 Å². The fraction of sp³-hybridized carbons (Fsp3) is 0.929. The highest BCUT2D eigenvalue weighted by Crippen LogP contribution is 2.38. The van der Waals surface area contributed by atoms with Crippen LogP contribution in [0.5, 0.6) is 0 Å². The summed E-state index contributed by atoms with van der Waals surface area (Å²) in [6.07, 6.45) is 3.36. The fourth-order valence-electron chi connectivity index (χ4n) is 3.28. The van der Waals surface area contributed by atoms with Gasteiger partial charge in [0, 0.05) is 31.5 Å². The van der Waals surface area contributed by atoms with E-state index in [-0.39, 0.29) is 11.3 Å². The lowest BCUT2D eigenvalue weighted by Gasteiger charge is -2.21. The molecule has 2 rings (SSSR count). The Bertz CT molecular complexity index is 288. The minimum absolute atomic E-state index is 0.0731. The zero-order valence-electron chi connectivity index (χ0n) is 11.4. The summed E-state index contributed by atoms with van der Waals surface area (Å²) in [6, 6.07) is 0. The summed E-state index contributed by atoms with van der Waals surface area (Å²) in [5.74, 6) is 1.43. The zero-order valence-corrected chi connectivity index (χ0v) is 11.4. The first-order chi connectivity index (χ1) is 8.03. The van der Waals surface area contributed by atoms with Crippen LogP contribution < -0.4 is 0 Å². The van der Waals surface area contributed by atoms with Gasteiger partial charge in [0.2, 0.25) is 0 Å². The van der Waals surface area contributed by atoms with Crippen molar-refractivity contribution in [2.75, 3.05) is 33.4 Å². The molecule has 3 heteroatoms. The van der Waals surface area contributed by atoms with E-state index in [0.29, 0.717) is 11.7 Å². The maximum absolute atomic E-state index is 12.2. The van der Waals surface area contributed by atoms with Crippen molar-refractivity contribution in [3.63, 3.8) is 0 Å². The number of ketones is 1. The molecular formula is C14H25NO2. The fourth-order valence-corrected chi connectivity index (χ4v) is 3.28. The van der Waals surface area contributed by atoms with Crippen LogP contribution in [0.25, 0.3) is 0 Å². The number of methoxy groups -OCH3 is 1. The van der Waals surface area contributed by atoms with E-state index < -0.39 is 0 Å². The second-order valence-corrected chi connectivity index (χ2v) is 6.35. The Morgan fingerprint density at radius 1 is 1.41 bits per heavy atom. The van der Waals surface area contributed by atoms with Crippen molar-refractivity contribution in [1.29, 1.82) is 0 Å². The van der Waals surface area contributed by atoms with Crippen molar-refractivity contribution < 1.29 is 9.53 Å². The monoisotopic (exact) mass is 239 g/mol. The smallest absolute Gasteiger partial charge is 0.142 e. The third-order valence-electron chi connectivity index (χ3n) is 4.41. The minimum Gasteiger partial charge on any atom is -0.384 e. The van der Waals surface area contributed by atoms with Crippen molar-refractivity contribution in [2.45, 2.75) is 33.1 Å². The van der Waals surface area contributed by atoms with Crippen LogP contribution in [0, 0.1) is 17.3 Å². The van der Waals surface area contributed by atoms with E-state index in [1.165, 1.54) is 6.42 Å². The Morgan fingerprint density at radius 3 is 2.76 bits per heavy atom. The Morgan fingerprint density at radius 2 is 2.18 bits per heavy atom. The molecule has 0 amide bonds. The maximum Gasteiger partial charge on any atom is 0.142 e. The van der Waals surface area contributed by atoms with Gasteiger partial charge in [0.05, 0.1) is 6.61 Å². The average Bonchev–Trinajstić information content (AvgIpc) is 2.80. The van der Waals surface area contributed by atoms with E-state index >= 15 is 0 Å². The summed E-state index contributed by atoms with van der Waals surface area (Å²) in [6.45, 7) is 8.26. The predicted octanol–water partition coefficient (Wildman–Crippen LogP) is 1.96. The number of hydrogen-bond donors (Lipinski definition) is 0. The Balaban J connectivity index is 1.81. The molecule has 1 aliphatic heterocycles. The van der Waals surface area contributed by atoms with Gasteiger partial charge in [-0.15, -0.1) is 0 Å². The van der Waals surface area contributed by atoms with Gasteiger partial charge in [0.15, 0.2) is 0 Å². The van der Waals surface area contributed by atoms with Crippen molar-refractivity contribution in [3.05, 3.63) is 0 Å². The Hall–Kier alpha value is -0.410. The molecule has 0 aromatic rings. The molecular weight excluding hydrogens is 214 g/mol. The molecule has 0 aromatic heterocycles. The van der Waals surface area contributed by atoms with E-state index in [1.54, 1.807) is 7.11 Å². The van der Waals surface area contributed by atoms with Crippen molar-refractivity contribution in [2.24, 2.45) is 17.3 Å². The van der Waals surface area contributed by atoms with Gasteiger partial charge >= 0.3 is 0 Å². The van der Waals surface area contributed by atoms with Crippen LogP contribution in [-0.2, 0) is 9.53 Å². The number of nitrogens with zero attached hydrogens (tertiary/aromatic N) is 1. The summed E-state index contributed by atoms with van der Waals surface area (Å²) >= 11 is 0. The number of rotatable bonds is 4. The maximum atomic E-state index is 12.2. The third-order valence-corrected chi connectivity index (χ3v) is 4.41. The molecule has 2 fully saturated rings. The van der Waals surface area contributed by atoms with E-state index in [1.807, 2.05) is 0 Å². The first kappa shape index (κ1) is 13.0. The van der Waals surface area contributed by atoms with Gasteiger partial charge in [-0.25, -0.2) is 0 Å². The highest BCUT2D eigenvalue weighted by Gasteiger charge is 2.41. The van der Waals surface area contributed by atoms with Crippen molar-refractivity contribution in [3.8, 4) is 0 Å². The molecule has 0 bridgehead atoms. The van der Waals surface area contributed by atoms with Crippen LogP contribution in [0.4, 0.5) is 0 Å². The SMILES string of the molecule is COCC1CCN(CC2CCC(C)(C)C2=O)C1. The van der Waals surface area contributed by atoms with Gasteiger partial charge in [-0.3, -0.25) is 4.79 Å². The summed E-state index contributed by atoms with van der Waals surface area (Å²) in [7, 11) is 1.77. The predicted molar refractivity (Wildman–Crippen MR) is 67.9 cm³/mol. The average molecular weight is 239 g/mol. The molecule has 2 aliphatic rings. The topological polar surface area (TPSA) is 29.5 Å². The Kier molecular flexibility index (Phi) is 3.88. The molecule has 3 nitrogen and oxygen atoms in total. The van der Waals surface area contributed by atoms with Gasteiger partial charge in [-0.2, -0.15) is 0 Å². The summed E-state index contributed by atoms with van der Waals surface area (Å²) in [5, 5.41) is 0.